The molecular formula is C9H8F3NO5. The van der Waals surface area contributed by atoms with Gasteiger partial charge in [0.05, 0.1) is 13.5 Å². The molecule has 0 aliphatic carbocycles. The predicted octanol–water partition coefficient (Wildman–Crippen LogP) is 1.32. The van der Waals surface area contributed by atoms with Crippen molar-refractivity contribution in [1.82, 2.24) is 4.98 Å². The van der Waals surface area contributed by atoms with Gasteiger partial charge in [0.1, 0.15) is 0 Å². The van der Waals surface area contributed by atoms with Crippen molar-refractivity contribution < 1.29 is 37.7 Å². The van der Waals surface area contributed by atoms with Crippen LogP contribution in [0.1, 0.15) is 5.56 Å². The molecule has 2 N–H and O–H groups in total. The monoisotopic (exact) mass is 267 g/mol. The summed E-state index contributed by atoms with van der Waals surface area (Å²) in [6, 6.07) is 1.01. The quantitative estimate of drug-likeness (QED) is 0.855. The van der Waals surface area contributed by atoms with Crippen LogP contribution in [0, 0.1) is 0 Å². The molecule has 0 aliphatic rings. The number of rotatable bonds is 4. The molecule has 9 heteroatoms. The van der Waals surface area contributed by atoms with Crippen LogP contribution in [0.3, 0.4) is 0 Å². The first-order chi connectivity index (χ1) is 8.23. The van der Waals surface area contributed by atoms with Gasteiger partial charge in [-0.3, -0.25) is 4.79 Å². The van der Waals surface area contributed by atoms with Crippen molar-refractivity contribution in [1.29, 1.82) is 0 Å². The summed E-state index contributed by atoms with van der Waals surface area (Å²) < 4.78 is 44.1. The van der Waals surface area contributed by atoms with Gasteiger partial charge in [0.15, 0.2) is 5.75 Å². The van der Waals surface area contributed by atoms with Crippen molar-refractivity contribution in [2.75, 3.05) is 7.11 Å². The average molecular weight is 267 g/mol. The molecule has 18 heavy (non-hydrogen) atoms. The van der Waals surface area contributed by atoms with E-state index in [-0.39, 0.29) is 11.4 Å². The van der Waals surface area contributed by atoms with E-state index in [1.54, 1.807) is 0 Å². The second kappa shape index (κ2) is 4.98. The summed E-state index contributed by atoms with van der Waals surface area (Å²) in [7, 11) is 1.13. The number of hydrogen-bond donors (Lipinski definition) is 2. The molecule has 0 unspecified atom stereocenters. The molecule has 0 spiro atoms. The highest BCUT2D eigenvalue weighted by Gasteiger charge is 2.34. The summed E-state index contributed by atoms with van der Waals surface area (Å²) in [6.07, 6.45) is -5.75. The maximum Gasteiger partial charge on any atom is 0.574 e. The van der Waals surface area contributed by atoms with E-state index in [4.69, 9.17) is 5.11 Å². The highest BCUT2D eigenvalue weighted by atomic mass is 19.4. The molecule has 0 aliphatic heterocycles. The summed E-state index contributed by atoms with van der Waals surface area (Å²) in [5.74, 6) is -3.78. The fraction of sp³-hybridized carbons (Fsp3) is 0.333. The van der Waals surface area contributed by atoms with Crippen LogP contribution in [0.15, 0.2) is 6.07 Å². The molecule has 0 amide bonds. The standard InChI is InChI=1S/C9H8F3NO5/c1-17-5-2-4(3-6(14)15)7(16)8(13-5)18-9(10,11)12/h2,16H,3H2,1H3,(H,14,15). The molecule has 0 aromatic carbocycles. The number of aromatic hydroxyl groups is 1. The van der Waals surface area contributed by atoms with Gasteiger partial charge in [0, 0.05) is 11.6 Å². The maximum absolute atomic E-state index is 12.0. The highest BCUT2D eigenvalue weighted by Crippen LogP contribution is 2.35. The van der Waals surface area contributed by atoms with E-state index in [9.17, 15) is 23.1 Å². The third-order valence-corrected chi connectivity index (χ3v) is 1.78. The van der Waals surface area contributed by atoms with Crippen molar-refractivity contribution in [2.45, 2.75) is 12.8 Å². The van der Waals surface area contributed by atoms with Gasteiger partial charge in [-0.05, 0) is 0 Å². The Labute approximate surface area is 98.6 Å². The second-order valence-electron chi connectivity index (χ2n) is 3.10. The van der Waals surface area contributed by atoms with E-state index in [1.165, 1.54) is 0 Å². The minimum absolute atomic E-state index is 0.298. The number of carboxylic acids is 1. The fourth-order valence-electron chi connectivity index (χ4n) is 1.12. The van der Waals surface area contributed by atoms with E-state index in [1.807, 2.05) is 0 Å². The Morgan fingerprint density at radius 2 is 2.11 bits per heavy atom. The second-order valence-corrected chi connectivity index (χ2v) is 3.10. The van der Waals surface area contributed by atoms with Gasteiger partial charge in [-0.15, -0.1) is 13.2 Å². The zero-order valence-electron chi connectivity index (χ0n) is 8.98. The van der Waals surface area contributed by atoms with Crippen LogP contribution in [0.2, 0.25) is 0 Å². The van der Waals surface area contributed by atoms with Crippen LogP contribution in [0.5, 0.6) is 17.5 Å². The van der Waals surface area contributed by atoms with Gasteiger partial charge in [-0.25, -0.2) is 0 Å². The van der Waals surface area contributed by atoms with Crippen molar-refractivity contribution in [3.8, 4) is 17.5 Å². The molecule has 0 atom stereocenters. The summed E-state index contributed by atoms with van der Waals surface area (Å²) in [5.41, 5.74) is -0.298. The average Bonchev–Trinajstić information content (AvgIpc) is 2.21. The first-order valence-electron chi connectivity index (χ1n) is 4.47. The Balaban J connectivity index is 3.20. The fourth-order valence-corrected chi connectivity index (χ4v) is 1.12. The van der Waals surface area contributed by atoms with Gasteiger partial charge in [-0.1, -0.05) is 0 Å². The van der Waals surface area contributed by atoms with E-state index in [0.717, 1.165) is 13.2 Å². The molecule has 6 nitrogen and oxygen atoms in total. The number of carboxylic acid groups (broad SMARTS) is 1. The molecule has 0 saturated heterocycles. The summed E-state index contributed by atoms with van der Waals surface area (Å²) in [5, 5.41) is 18.0. The molecule has 100 valence electrons. The van der Waals surface area contributed by atoms with Crippen LogP contribution in [0.25, 0.3) is 0 Å². The third-order valence-electron chi connectivity index (χ3n) is 1.78. The van der Waals surface area contributed by atoms with Crippen molar-refractivity contribution in [3.05, 3.63) is 11.6 Å². The zero-order chi connectivity index (χ0) is 13.9. The van der Waals surface area contributed by atoms with Crippen molar-refractivity contribution in [2.24, 2.45) is 0 Å². The summed E-state index contributed by atoms with van der Waals surface area (Å²) in [6.45, 7) is 0. The molecule has 1 aromatic heterocycles. The number of pyridine rings is 1. The van der Waals surface area contributed by atoms with Crippen LogP contribution in [0.4, 0.5) is 13.2 Å². The Morgan fingerprint density at radius 1 is 1.50 bits per heavy atom. The lowest BCUT2D eigenvalue weighted by Crippen LogP contribution is -2.18. The van der Waals surface area contributed by atoms with Crippen LogP contribution in [-0.2, 0) is 11.2 Å². The Kier molecular flexibility index (Phi) is 3.84. The van der Waals surface area contributed by atoms with Crippen LogP contribution >= 0.6 is 0 Å². The van der Waals surface area contributed by atoms with E-state index in [0.29, 0.717) is 0 Å². The van der Waals surface area contributed by atoms with Crippen molar-refractivity contribution in [3.63, 3.8) is 0 Å². The number of aromatic nitrogens is 1. The Morgan fingerprint density at radius 3 is 2.56 bits per heavy atom. The first kappa shape index (κ1) is 13.9. The number of aliphatic carboxylic acids is 1. The largest absolute Gasteiger partial charge is 0.574 e. The molecule has 0 saturated carbocycles. The molecule has 0 bridgehead atoms. The smallest absolute Gasteiger partial charge is 0.503 e. The number of methoxy groups -OCH3 is 1. The molecule has 1 heterocycles. The number of halogens is 3. The maximum atomic E-state index is 12.0. The number of ether oxygens (including phenoxy) is 2. The highest BCUT2D eigenvalue weighted by molar-refractivity contribution is 5.72. The van der Waals surface area contributed by atoms with Crippen molar-refractivity contribution >= 4 is 5.97 Å². The van der Waals surface area contributed by atoms with Gasteiger partial charge in [0.2, 0.25) is 5.88 Å². The molecular weight excluding hydrogens is 259 g/mol. The predicted molar refractivity (Wildman–Crippen MR) is 50.5 cm³/mol. The SMILES string of the molecule is COc1cc(CC(=O)O)c(O)c(OC(F)(F)F)n1. The van der Waals surface area contributed by atoms with Gasteiger partial charge in [0.25, 0.3) is 5.88 Å². The number of carbonyl (C=O) groups is 1. The molecule has 0 radical (unpaired) electrons. The lowest BCUT2D eigenvalue weighted by molar-refractivity contribution is -0.276. The minimum atomic E-state index is -5.06. The normalized spacial score (nSPS) is 11.1. The van der Waals surface area contributed by atoms with Crippen LogP contribution < -0.4 is 9.47 Å². The Hall–Kier alpha value is -2.19. The number of alkyl halides is 3. The minimum Gasteiger partial charge on any atom is -0.503 e. The van der Waals surface area contributed by atoms with Crippen LogP contribution in [-0.4, -0.2) is 34.6 Å². The van der Waals surface area contributed by atoms with Gasteiger partial charge < -0.3 is 19.7 Å². The van der Waals surface area contributed by atoms with E-state index < -0.39 is 30.4 Å². The lowest BCUT2D eigenvalue weighted by Gasteiger charge is -2.12. The van der Waals surface area contributed by atoms with E-state index in [2.05, 4.69) is 14.5 Å². The summed E-state index contributed by atoms with van der Waals surface area (Å²) in [4.78, 5) is 13.7. The number of hydrogen-bond acceptors (Lipinski definition) is 5. The van der Waals surface area contributed by atoms with Gasteiger partial charge in [-0.2, -0.15) is 4.98 Å². The molecule has 1 aromatic rings. The Bertz CT molecular complexity index is 460. The molecule has 1 rings (SSSR count). The third kappa shape index (κ3) is 3.68. The van der Waals surface area contributed by atoms with Gasteiger partial charge >= 0.3 is 12.3 Å². The number of nitrogens with zero attached hydrogens (tertiary/aromatic N) is 1. The lowest BCUT2D eigenvalue weighted by atomic mass is 10.2. The van der Waals surface area contributed by atoms with E-state index >= 15 is 0 Å². The zero-order valence-corrected chi connectivity index (χ0v) is 8.98. The summed E-state index contributed by atoms with van der Waals surface area (Å²) >= 11 is 0. The first-order valence-corrected chi connectivity index (χ1v) is 4.47. The topological polar surface area (TPSA) is 88.9 Å². The molecule has 0 fully saturated rings.